The molecule has 0 saturated heterocycles. The number of nitrogens with one attached hydrogen (secondary N) is 1. The van der Waals surface area contributed by atoms with Gasteiger partial charge >= 0.3 is 12.1 Å². The highest BCUT2D eigenvalue weighted by Gasteiger charge is 2.21. The topological polar surface area (TPSA) is 88.4 Å². The van der Waals surface area contributed by atoms with Gasteiger partial charge in [-0.05, 0) is 5.56 Å². The molecule has 0 radical (unpaired) electrons. The van der Waals surface area contributed by atoms with Crippen molar-refractivity contribution in [1.82, 2.24) is 0 Å². The number of nitriles is 1. The molecule has 0 atom stereocenters. The van der Waals surface area contributed by atoms with Crippen molar-refractivity contribution in [3.63, 3.8) is 0 Å². The first kappa shape index (κ1) is 15.5. The number of hydrogen-bond donors (Lipinski definition) is 1. The quantitative estimate of drug-likeness (QED) is 0.875. The molecule has 1 aromatic heterocycles. The fourth-order valence-electron chi connectivity index (χ4n) is 1.67. The normalized spacial score (nSPS) is 9.64. The van der Waals surface area contributed by atoms with Gasteiger partial charge in [0.05, 0.1) is 18.4 Å². The maximum absolute atomic E-state index is 11.8. The Morgan fingerprint density at radius 3 is 2.68 bits per heavy atom. The van der Waals surface area contributed by atoms with E-state index in [0.717, 1.165) is 16.9 Å². The number of anilines is 1. The van der Waals surface area contributed by atoms with Gasteiger partial charge in [-0.1, -0.05) is 30.3 Å². The molecule has 0 unspecified atom stereocenters. The lowest BCUT2D eigenvalue weighted by atomic mass is 10.2. The van der Waals surface area contributed by atoms with E-state index in [1.165, 1.54) is 12.5 Å². The second-order valence-electron chi connectivity index (χ2n) is 4.14. The predicted octanol–water partition coefficient (Wildman–Crippen LogP) is 3.16. The van der Waals surface area contributed by atoms with E-state index in [1.807, 2.05) is 36.4 Å². The monoisotopic (exact) mass is 316 g/mol. The predicted molar refractivity (Wildman–Crippen MR) is 80.6 cm³/mol. The van der Waals surface area contributed by atoms with E-state index in [4.69, 9.17) is 10.00 Å². The lowest BCUT2D eigenvalue weighted by molar-refractivity contribution is 0.0607. The Kier molecular flexibility index (Phi) is 5.11. The Morgan fingerprint density at radius 2 is 2.05 bits per heavy atom. The second-order valence-corrected chi connectivity index (χ2v) is 5.02. The molecule has 0 saturated carbocycles. The third-order valence-electron chi connectivity index (χ3n) is 2.72. The Bertz CT molecular complexity index is 719. The van der Waals surface area contributed by atoms with Gasteiger partial charge in [0.2, 0.25) is 0 Å². The number of hydrogen-bond acceptors (Lipinski definition) is 6. The summed E-state index contributed by atoms with van der Waals surface area (Å²) in [6.07, 6.45) is -0.746. The number of amides is 1. The van der Waals surface area contributed by atoms with Crippen molar-refractivity contribution in [2.45, 2.75) is 6.61 Å². The summed E-state index contributed by atoms with van der Waals surface area (Å²) in [5.74, 6) is -0.621. The highest BCUT2D eigenvalue weighted by atomic mass is 32.1. The summed E-state index contributed by atoms with van der Waals surface area (Å²) in [6.45, 7) is 0.0895. The fraction of sp³-hybridized carbons (Fsp3) is 0.133. The van der Waals surface area contributed by atoms with Crippen LogP contribution < -0.4 is 5.32 Å². The maximum atomic E-state index is 11.8. The van der Waals surface area contributed by atoms with Crippen molar-refractivity contribution >= 4 is 29.1 Å². The minimum Gasteiger partial charge on any atom is -0.465 e. The van der Waals surface area contributed by atoms with Gasteiger partial charge in [-0.2, -0.15) is 5.26 Å². The van der Waals surface area contributed by atoms with Crippen molar-refractivity contribution in [2.24, 2.45) is 0 Å². The molecule has 1 heterocycles. The molecule has 1 amide bonds. The van der Waals surface area contributed by atoms with Crippen LogP contribution in [0.5, 0.6) is 0 Å². The number of methoxy groups -OCH3 is 1. The molecule has 0 spiro atoms. The molecule has 1 aromatic carbocycles. The molecule has 6 nitrogen and oxygen atoms in total. The molecule has 112 valence electrons. The van der Waals surface area contributed by atoms with Crippen LogP contribution in [0.2, 0.25) is 0 Å². The van der Waals surface area contributed by atoms with E-state index >= 15 is 0 Å². The zero-order valence-corrected chi connectivity index (χ0v) is 12.5. The van der Waals surface area contributed by atoms with Crippen LogP contribution in [0, 0.1) is 11.3 Å². The molecule has 0 bridgehead atoms. The number of esters is 1. The average Bonchev–Trinajstić information content (AvgIpc) is 2.95. The van der Waals surface area contributed by atoms with E-state index in [1.54, 1.807) is 0 Å². The van der Waals surface area contributed by atoms with Crippen molar-refractivity contribution in [3.8, 4) is 6.07 Å². The van der Waals surface area contributed by atoms with Crippen LogP contribution in [-0.4, -0.2) is 19.2 Å². The number of ether oxygens (including phenoxy) is 2. The smallest absolute Gasteiger partial charge is 0.412 e. The van der Waals surface area contributed by atoms with Gasteiger partial charge in [0, 0.05) is 5.38 Å². The zero-order valence-electron chi connectivity index (χ0n) is 11.7. The molecule has 2 rings (SSSR count). The summed E-state index contributed by atoms with van der Waals surface area (Å²) < 4.78 is 9.68. The molecule has 0 aliphatic heterocycles. The van der Waals surface area contributed by atoms with E-state index < -0.39 is 12.1 Å². The lowest BCUT2D eigenvalue weighted by Gasteiger charge is -2.08. The third-order valence-corrected chi connectivity index (χ3v) is 3.68. The molecule has 0 aliphatic rings. The van der Waals surface area contributed by atoms with Crippen LogP contribution in [0.3, 0.4) is 0 Å². The van der Waals surface area contributed by atoms with Crippen LogP contribution in [0.4, 0.5) is 10.5 Å². The molecule has 1 N–H and O–H groups in total. The first-order valence-electron chi connectivity index (χ1n) is 6.23. The Balaban J connectivity index is 2.06. The van der Waals surface area contributed by atoms with Gasteiger partial charge in [-0.3, -0.25) is 5.32 Å². The largest absolute Gasteiger partial charge is 0.465 e. The number of carbonyl (C=O) groups excluding carboxylic acids is 2. The van der Waals surface area contributed by atoms with Gasteiger partial charge < -0.3 is 9.47 Å². The maximum Gasteiger partial charge on any atom is 0.412 e. The third kappa shape index (κ3) is 3.62. The van der Waals surface area contributed by atoms with Gasteiger partial charge in [-0.15, -0.1) is 11.3 Å². The minimum atomic E-state index is -0.746. The highest BCUT2D eigenvalue weighted by Crippen LogP contribution is 2.28. The molecule has 0 fully saturated rings. The zero-order chi connectivity index (χ0) is 15.9. The summed E-state index contributed by atoms with van der Waals surface area (Å²) in [6, 6.07) is 11.1. The van der Waals surface area contributed by atoms with Crippen molar-refractivity contribution in [2.75, 3.05) is 12.4 Å². The summed E-state index contributed by atoms with van der Waals surface area (Å²) >= 11 is 1.02. The molecular formula is C15H12N2O4S. The van der Waals surface area contributed by atoms with Crippen LogP contribution in [0.25, 0.3) is 0 Å². The molecule has 7 heteroatoms. The molecule has 0 aliphatic carbocycles. The van der Waals surface area contributed by atoms with Crippen LogP contribution in [0.15, 0.2) is 35.7 Å². The number of thiophene rings is 1. The van der Waals surface area contributed by atoms with Gasteiger partial charge in [-0.25, -0.2) is 9.59 Å². The van der Waals surface area contributed by atoms with Crippen molar-refractivity contribution in [1.29, 1.82) is 5.26 Å². The van der Waals surface area contributed by atoms with Crippen LogP contribution in [-0.2, 0) is 16.1 Å². The number of nitrogens with zero attached hydrogens (tertiary/aromatic N) is 1. The second kappa shape index (κ2) is 7.24. The van der Waals surface area contributed by atoms with E-state index in [-0.39, 0.29) is 22.7 Å². The highest BCUT2D eigenvalue weighted by molar-refractivity contribution is 7.12. The van der Waals surface area contributed by atoms with Gasteiger partial charge in [0.15, 0.2) is 0 Å². The summed E-state index contributed by atoms with van der Waals surface area (Å²) in [4.78, 5) is 23.6. The van der Waals surface area contributed by atoms with Gasteiger partial charge in [0.25, 0.3) is 0 Å². The fourth-order valence-corrected chi connectivity index (χ4v) is 2.53. The number of rotatable bonds is 4. The van der Waals surface area contributed by atoms with Crippen LogP contribution in [0.1, 0.15) is 20.8 Å². The molecular weight excluding hydrogens is 304 g/mol. The van der Waals surface area contributed by atoms with Crippen LogP contribution >= 0.6 is 11.3 Å². The van der Waals surface area contributed by atoms with E-state index in [0.29, 0.717) is 0 Å². The Hall–Kier alpha value is -2.85. The average molecular weight is 316 g/mol. The number of carbonyl (C=O) groups is 2. The standard InChI is InChI=1S/C15H12N2O4S/c1-20-14(18)13-12(11(7-16)9-22-13)17-15(19)21-8-10-5-3-2-4-6-10/h2-6,9H,8H2,1H3,(H,17,19). The van der Waals surface area contributed by atoms with Crippen molar-refractivity contribution < 1.29 is 19.1 Å². The lowest BCUT2D eigenvalue weighted by Crippen LogP contribution is -2.16. The first-order valence-corrected chi connectivity index (χ1v) is 7.11. The van der Waals surface area contributed by atoms with E-state index in [9.17, 15) is 9.59 Å². The first-order chi connectivity index (χ1) is 10.7. The Labute approximate surface area is 130 Å². The summed E-state index contributed by atoms with van der Waals surface area (Å²) in [5, 5.41) is 12.9. The van der Waals surface area contributed by atoms with E-state index in [2.05, 4.69) is 10.1 Å². The van der Waals surface area contributed by atoms with Gasteiger partial charge in [0.1, 0.15) is 17.6 Å². The molecule has 2 aromatic rings. The summed E-state index contributed by atoms with van der Waals surface area (Å²) in [5.41, 5.74) is 1.12. The summed E-state index contributed by atoms with van der Waals surface area (Å²) in [7, 11) is 1.23. The minimum absolute atomic E-state index is 0.0895. The molecule has 22 heavy (non-hydrogen) atoms. The number of benzene rings is 1. The van der Waals surface area contributed by atoms with Crippen molar-refractivity contribution in [3.05, 3.63) is 51.7 Å². The SMILES string of the molecule is COC(=O)c1scc(C#N)c1NC(=O)OCc1ccccc1. The Morgan fingerprint density at radius 1 is 1.32 bits per heavy atom.